The Kier molecular flexibility index (Phi) is 7.45. The smallest absolute Gasteiger partial charge is 0.336 e. The van der Waals surface area contributed by atoms with Gasteiger partial charge in [-0.25, -0.2) is 4.79 Å². The van der Waals surface area contributed by atoms with Gasteiger partial charge in [-0.3, -0.25) is 4.79 Å². The number of ketones is 1. The summed E-state index contributed by atoms with van der Waals surface area (Å²) in [7, 11) is 1.45. The fourth-order valence-corrected chi connectivity index (χ4v) is 5.30. The van der Waals surface area contributed by atoms with Crippen LogP contribution in [0.2, 0.25) is 0 Å². The molecule has 1 aliphatic heterocycles. The average Bonchev–Trinajstić information content (AvgIpc) is 2.82. The summed E-state index contributed by atoms with van der Waals surface area (Å²) in [5.74, 6) is -0.347. The molecule has 0 aromatic heterocycles. The molecule has 0 saturated heterocycles. The molecule has 0 spiro atoms. The van der Waals surface area contributed by atoms with E-state index in [9.17, 15) is 14.7 Å². The number of para-hydroxylation sites is 1. The molecular formula is C28H30BrNO6. The third-order valence-corrected chi connectivity index (χ3v) is 7.00. The number of dihydropyridines is 1. The predicted octanol–water partition coefficient (Wildman–Crippen LogP) is 5.39. The van der Waals surface area contributed by atoms with Crippen LogP contribution in [0.1, 0.15) is 45.1 Å². The third-order valence-electron chi connectivity index (χ3n) is 6.39. The van der Waals surface area contributed by atoms with Crippen molar-refractivity contribution in [2.45, 2.75) is 39.5 Å². The number of halogens is 1. The Bertz CT molecular complexity index is 1250. The largest absolute Gasteiger partial charge is 0.503 e. The first-order chi connectivity index (χ1) is 17.1. The van der Waals surface area contributed by atoms with Crippen molar-refractivity contribution >= 4 is 27.7 Å². The van der Waals surface area contributed by atoms with Crippen molar-refractivity contribution in [2.24, 2.45) is 5.41 Å². The van der Waals surface area contributed by atoms with Gasteiger partial charge < -0.3 is 24.6 Å². The predicted molar refractivity (Wildman–Crippen MR) is 139 cm³/mol. The van der Waals surface area contributed by atoms with Crippen LogP contribution in [0.25, 0.3) is 0 Å². The van der Waals surface area contributed by atoms with Gasteiger partial charge in [0.1, 0.15) is 19.0 Å². The molecule has 2 N–H and O–H groups in total. The number of aromatic hydroxyl groups is 1. The molecule has 36 heavy (non-hydrogen) atoms. The van der Waals surface area contributed by atoms with Gasteiger partial charge in [-0.2, -0.15) is 0 Å². The molecule has 0 fully saturated rings. The third kappa shape index (κ3) is 5.28. The molecule has 1 heterocycles. The molecule has 2 aromatic rings. The monoisotopic (exact) mass is 555 g/mol. The first-order valence-electron chi connectivity index (χ1n) is 11.8. The number of hydrogen-bond acceptors (Lipinski definition) is 7. The Hall–Kier alpha value is -3.26. The van der Waals surface area contributed by atoms with E-state index in [1.165, 1.54) is 7.11 Å². The van der Waals surface area contributed by atoms with Crippen LogP contribution < -0.4 is 14.8 Å². The normalized spacial score (nSPS) is 18.9. The van der Waals surface area contributed by atoms with Crippen LogP contribution in [-0.2, 0) is 14.3 Å². The summed E-state index contributed by atoms with van der Waals surface area (Å²) in [6.07, 6.45) is 1.04. The quantitative estimate of drug-likeness (QED) is 0.349. The van der Waals surface area contributed by atoms with Gasteiger partial charge in [-0.1, -0.05) is 32.0 Å². The Labute approximate surface area is 219 Å². The number of benzene rings is 2. The summed E-state index contributed by atoms with van der Waals surface area (Å²) >= 11 is 3.38. The van der Waals surface area contributed by atoms with Crippen LogP contribution in [-0.4, -0.2) is 37.2 Å². The van der Waals surface area contributed by atoms with Crippen molar-refractivity contribution in [2.75, 3.05) is 20.3 Å². The highest BCUT2D eigenvalue weighted by atomic mass is 79.9. The van der Waals surface area contributed by atoms with Crippen LogP contribution in [0.4, 0.5) is 0 Å². The molecule has 0 amide bonds. The summed E-state index contributed by atoms with van der Waals surface area (Å²) in [5.41, 5.74) is 2.78. The van der Waals surface area contributed by atoms with Gasteiger partial charge >= 0.3 is 5.97 Å². The lowest BCUT2D eigenvalue weighted by Crippen LogP contribution is -2.38. The van der Waals surface area contributed by atoms with Gasteiger partial charge in [0.05, 0.1) is 17.2 Å². The molecule has 0 radical (unpaired) electrons. The highest BCUT2D eigenvalue weighted by Crippen LogP contribution is 2.49. The zero-order valence-corrected chi connectivity index (χ0v) is 22.4. The molecule has 1 atom stereocenters. The second-order valence-corrected chi connectivity index (χ2v) is 10.6. The number of hydrogen-bond donors (Lipinski definition) is 2. The van der Waals surface area contributed by atoms with Crippen LogP contribution in [0.5, 0.6) is 17.2 Å². The highest BCUT2D eigenvalue weighted by Gasteiger charge is 2.43. The summed E-state index contributed by atoms with van der Waals surface area (Å²) in [6, 6.07) is 12.7. The lowest BCUT2D eigenvalue weighted by atomic mass is 9.68. The highest BCUT2D eigenvalue weighted by molar-refractivity contribution is 9.10. The van der Waals surface area contributed by atoms with E-state index in [0.717, 1.165) is 5.70 Å². The van der Waals surface area contributed by atoms with Crippen molar-refractivity contribution < 1.29 is 28.9 Å². The van der Waals surface area contributed by atoms with Crippen molar-refractivity contribution in [3.05, 3.63) is 75.0 Å². The van der Waals surface area contributed by atoms with E-state index in [4.69, 9.17) is 14.2 Å². The summed E-state index contributed by atoms with van der Waals surface area (Å²) in [4.78, 5) is 26.9. The number of ether oxygens (including phenoxy) is 3. The van der Waals surface area contributed by atoms with Crippen molar-refractivity contribution in [3.63, 3.8) is 0 Å². The van der Waals surface area contributed by atoms with Crippen molar-refractivity contribution in [1.29, 1.82) is 0 Å². The fraction of sp³-hybridized carbons (Fsp3) is 0.357. The van der Waals surface area contributed by atoms with Gasteiger partial charge in [0.15, 0.2) is 17.3 Å². The maximum atomic E-state index is 13.4. The molecule has 190 valence electrons. The summed E-state index contributed by atoms with van der Waals surface area (Å²) in [6.45, 7) is 6.17. The van der Waals surface area contributed by atoms with Crippen LogP contribution >= 0.6 is 15.9 Å². The second kappa shape index (κ2) is 10.4. The first kappa shape index (κ1) is 25.8. The molecule has 4 rings (SSSR count). The number of Topliss-reactive ketones (excluding diaryl/α,β-unsaturated/α-hetero) is 1. The molecule has 1 aliphatic carbocycles. The Morgan fingerprint density at radius 2 is 1.89 bits per heavy atom. The van der Waals surface area contributed by atoms with E-state index in [2.05, 4.69) is 35.1 Å². The Balaban J connectivity index is 1.67. The van der Waals surface area contributed by atoms with Crippen molar-refractivity contribution in [1.82, 2.24) is 5.32 Å². The average molecular weight is 556 g/mol. The zero-order valence-electron chi connectivity index (χ0n) is 20.8. The van der Waals surface area contributed by atoms with Gasteiger partial charge in [0.2, 0.25) is 0 Å². The molecule has 1 unspecified atom stereocenters. The zero-order chi connectivity index (χ0) is 26.0. The van der Waals surface area contributed by atoms with E-state index < -0.39 is 11.9 Å². The molecule has 2 aromatic carbocycles. The van der Waals surface area contributed by atoms with E-state index in [0.29, 0.717) is 45.5 Å². The van der Waals surface area contributed by atoms with Crippen LogP contribution in [0.3, 0.4) is 0 Å². The molecule has 7 nitrogen and oxygen atoms in total. The standard InChI is InChI=1S/C28H30BrNO6/c1-16-23(27(33)36-11-10-35-18-8-6-5-7-9-18)24(17-12-19(29)26(32)22(13-17)34-4)25-20(30-16)14-28(2,3)15-21(25)31/h5-9,12-13,24,30,32H,10-11,14-15H2,1-4H3. The number of rotatable bonds is 7. The maximum Gasteiger partial charge on any atom is 0.336 e. The number of allylic oxidation sites excluding steroid dienone is 3. The number of carbonyl (C=O) groups is 2. The minimum absolute atomic E-state index is 0.0212. The topological polar surface area (TPSA) is 94.1 Å². The lowest BCUT2D eigenvalue weighted by molar-refractivity contribution is -0.140. The van der Waals surface area contributed by atoms with Gasteiger partial charge in [0.25, 0.3) is 0 Å². The van der Waals surface area contributed by atoms with E-state index >= 15 is 0 Å². The van der Waals surface area contributed by atoms with E-state index in [-0.39, 0.29) is 35.9 Å². The number of methoxy groups -OCH3 is 1. The summed E-state index contributed by atoms with van der Waals surface area (Å²) < 4.78 is 17.0. The molecule has 8 heteroatoms. The van der Waals surface area contributed by atoms with Crippen LogP contribution in [0, 0.1) is 5.41 Å². The molecule has 0 bridgehead atoms. The minimum Gasteiger partial charge on any atom is -0.503 e. The number of carbonyl (C=O) groups excluding carboxylic acids is 2. The van der Waals surface area contributed by atoms with E-state index in [1.807, 2.05) is 37.3 Å². The molecule has 2 aliphatic rings. The number of phenols is 1. The SMILES string of the molecule is COc1cc(C2C(C(=O)OCCOc3ccccc3)=C(C)NC3=C2C(=O)CC(C)(C)C3)cc(Br)c1O. The lowest BCUT2D eigenvalue weighted by Gasteiger charge is -2.39. The number of nitrogens with one attached hydrogen (secondary N) is 1. The molecular weight excluding hydrogens is 526 g/mol. The van der Waals surface area contributed by atoms with Gasteiger partial charge in [0, 0.05) is 29.3 Å². The first-order valence-corrected chi connectivity index (χ1v) is 12.6. The number of phenolic OH excluding ortho intramolecular Hbond substituents is 1. The second-order valence-electron chi connectivity index (χ2n) is 9.78. The Morgan fingerprint density at radius 3 is 2.58 bits per heavy atom. The van der Waals surface area contributed by atoms with E-state index in [1.54, 1.807) is 12.1 Å². The minimum atomic E-state index is -0.668. The fourth-order valence-electron chi connectivity index (χ4n) is 4.84. The van der Waals surface area contributed by atoms with Crippen molar-refractivity contribution in [3.8, 4) is 17.2 Å². The maximum absolute atomic E-state index is 13.4. The summed E-state index contributed by atoms with van der Waals surface area (Å²) in [5, 5.41) is 13.7. The van der Waals surface area contributed by atoms with Crippen LogP contribution in [0.15, 0.2) is 69.5 Å². The van der Waals surface area contributed by atoms with Gasteiger partial charge in [-0.15, -0.1) is 0 Å². The molecule has 0 saturated carbocycles. The Morgan fingerprint density at radius 1 is 1.17 bits per heavy atom. The van der Waals surface area contributed by atoms with Gasteiger partial charge in [-0.05, 0) is 64.5 Å². The number of esters is 1.